The second kappa shape index (κ2) is 8.43. The van der Waals surface area contributed by atoms with Crippen LogP contribution in [0.4, 0.5) is 26.4 Å². The van der Waals surface area contributed by atoms with Gasteiger partial charge in [-0.05, 0) is 64.3 Å². The molecule has 32 heavy (non-hydrogen) atoms. The van der Waals surface area contributed by atoms with E-state index in [-0.39, 0.29) is 16.9 Å². The standard InChI is InChI=1S/C23H24ClFN4O3/c1-23(2,3)32-22(30)29(13-7-8-17(25)16(24)9-13)21-15-10-18(26)20(31-14-5-4-6-14)11-19(15)27-12-28-21/h7-12,14H,4-6,26H2,1-3H3. The van der Waals surface area contributed by atoms with E-state index in [4.69, 9.17) is 26.8 Å². The topological polar surface area (TPSA) is 90.6 Å². The quantitative estimate of drug-likeness (QED) is 0.481. The van der Waals surface area contributed by atoms with Crippen molar-refractivity contribution in [3.8, 4) is 5.75 Å². The van der Waals surface area contributed by atoms with Gasteiger partial charge in [0.25, 0.3) is 0 Å². The summed E-state index contributed by atoms with van der Waals surface area (Å²) in [5.41, 5.74) is 6.72. The van der Waals surface area contributed by atoms with Crippen molar-refractivity contribution >= 4 is 45.8 Å². The summed E-state index contributed by atoms with van der Waals surface area (Å²) in [6, 6.07) is 7.35. The molecule has 0 unspecified atom stereocenters. The lowest BCUT2D eigenvalue weighted by molar-refractivity contribution is 0.0598. The Bertz CT molecular complexity index is 1180. The molecule has 2 N–H and O–H groups in total. The number of carbonyl (C=O) groups excluding carboxylic acids is 1. The van der Waals surface area contributed by atoms with Gasteiger partial charge in [0.15, 0.2) is 5.82 Å². The molecule has 1 aromatic heterocycles. The normalized spacial score (nSPS) is 14.2. The summed E-state index contributed by atoms with van der Waals surface area (Å²) in [7, 11) is 0. The third kappa shape index (κ3) is 4.55. The number of nitrogen functional groups attached to an aromatic ring is 1. The van der Waals surface area contributed by atoms with Crippen molar-refractivity contribution < 1.29 is 18.7 Å². The lowest BCUT2D eigenvalue weighted by Crippen LogP contribution is -2.34. The maximum atomic E-state index is 13.8. The molecule has 4 rings (SSSR count). The van der Waals surface area contributed by atoms with Crippen molar-refractivity contribution in [2.75, 3.05) is 10.6 Å². The number of nitrogens with two attached hydrogens (primary N) is 1. The number of halogens is 2. The van der Waals surface area contributed by atoms with Crippen LogP contribution in [-0.2, 0) is 4.74 Å². The van der Waals surface area contributed by atoms with Gasteiger partial charge in [0, 0.05) is 11.5 Å². The van der Waals surface area contributed by atoms with E-state index in [2.05, 4.69) is 9.97 Å². The second-order valence-electron chi connectivity index (χ2n) is 8.69. The third-order valence-corrected chi connectivity index (χ3v) is 5.33. The molecule has 1 heterocycles. The van der Waals surface area contributed by atoms with E-state index in [1.54, 1.807) is 32.9 Å². The maximum absolute atomic E-state index is 13.8. The molecule has 0 radical (unpaired) electrons. The number of nitrogens with zero attached hydrogens (tertiary/aromatic N) is 3. The van der Waals surface area contributed by atoms with Gasteiger partial charge >= 0.3 is 6.09 Å². The Kier molecular flexibility index (Phi) is 5.81. The molecule has 1 saturated carbocycles. The smallest absolute Gasteiger partial charge is 0.420 e. The van der Waals surface area contributed by atoms with Crippen LogP contribution in [0, 0.1) is 5.82 Å². The second-order valence-corrected chi connectivity index (χ2v) is 9.10. The van der Waals surface area contributed by atoms with Crippen molar-refractivity contribution in [1.29, 1.82) is 0 Å². The zero-order valence-corrected chi connectivity index (χ0v) is 18.8. The molecule has 1 fully saturated rings. The highest BCUT2D eigenvalue weighted by molar-refractivity contribution is 6.31. The highest BCUT2D eigenvalue weighted by atomic mass is 35.5. The molecule has 1 aliphatic carbocycles. The minimum Gasteiger partial charge on any atom is -0.488 e. The molecule has 0 bridgehead atoms. The largest absolute Gasteiger partial charge is 0.488 e. The number of carbonyl (C=O) groups is 1. The molecular formula is C23H24ClFN4O3. The molecule has 3 aromatic rings. The van der Waals surface area contributed by atoms with Gasteiger partial charge < -0.3 is 15.2 Å². The van der Waals surface area contributed by atoms with Crippen molar-refractivity contribution in [2.45, 2.75) is 51.7 Å². The molecule has 7 nitrogen and oxygen atoms in total. The average molecular weight is 459 g/mol. The Morgan fingerprint density at radius 3 is 2.59 bits per heavy atom. The predicted molar refractivity (Wildman–Crippen MR) is 122 cm³/mol. The Morgan fingerprint density at radius 2 is 1.97 bits per heavy atom. The number of hydrogen-bond donors (Lipinski definition) is 1. The van der Waals surface area contributed by atoms with E-state index in [9.17, 15) is 9.18 Å². The highest BCUT2D eigenvalue weighted by Gasteiger charge is 2.29. The Morgan fingerprint density at radius 1 is 1.22 bits per heavy atom. The number of hydrogen-bond acceptors (Lipinski definition) is 6. The summed E-state index contributed by atoms with van der Waals surface area (Å²) in [5.74, 6) is 0.170. The maximum Gasteiger partial charge on any atom is 0.420 e. The van der Waals surface area contributed by atoms with Gasteiger partial charge in [-0.2, -0.15) is 0 Å². The fourth-order valence-electron chi connectivity index (χ4n) is 3.28. The zero-order chi connectivity index (χ0) is 23.0. The number of rotatable bonds is 4. The zero-order valence-electron chi connectivity index (χ0n) is 18.1. The Labute approximate surface area is 190 Å². The van der Waals surface area contributed by atoms with Crippen molar-refractivity contribution in [3.05, 3.63) is 47.5 Å². The van der Waals surface area contributed by atoms with Crippen LogP contribution in [0.15, 0.2) is 36.7 Å². The van der Waals surface area contributed by atoms with Crippen molar-refractivity contribution in [1.82, 2.24) is 9.97 Å². The molecule has 0 saturated heterocycles. The van der Waals surface area contributed by atoms with Crippen LogP contribution < -0.4 is 15.4 Å². The molecule has 0 atom stereocenters. The molecule has 1 amide bonds. The van der Waals surface area contributed by atoms with E-state index < -0.39 is 17.5 Å². The van der Waals surface area contributed by atoms with Crippen LogP contribution in [0.25, 0.3) is 10.9 Å². The van der Waals surface area contributed by atoms with Gasteiger partial charge in [-0.15, -0.1) is 0 Å². The minimum atomic E-state index is -0.773. The molecule has 1 aliphatic rings. The van der Waals surface area contributed by atoms with Crippen LogP contribution >= 0.6 is 11.6 Å². The Hall–Kier alpha value is -3.13. The summed E-state index contributed by atoms with van der Waals surface area (Å²) < 4.78 is 25.4. The van der Waals surface area contributed by atoms with E-state index >= 15 is 0 Å². The number of fused-ring (bicyclic) bond motifs is 1. The number of ether oxygens (including phenoxy) is 2. The molecule has 0 spiro atoms. The van der Waals surface area contributed by atoms with E-state index in [0.29, 0.717) is 28.0 Å². The number of benzene rings is 2. The number of amides is 1. The van der Waals surface area contributed by atoms with Gasteiger partial charge in [0.1, 0.15) is 23.5 Å². The van der Waals surface area contributed by atoms with E-state index in [1.165, 1.54) is 29.4 Å². The average Bonchev–Trinajstić information content (AvgIpc) is 2.67. The monoisotopic (exact) mass is 458 g/mol. The lowest BCUT2D eigenvalue weighted by atomic mass is 9.96. The van der Waals surface area contributed by atoms with Crippen LogP contribution in [-0.4, -0.2) is 27.8 Å². The van der Waals surface area contributed by atoms with E-state index in [0.717, 1.165) is 19.3 Å². The van der Waals surface area contributed by atoms with Gasteiger partial charge in [0.05, 0.1) is 28.0 Å². The Balaban J connectivity index is 1.83. The summed E-state index contributed by atoms with van der Waals surface area (Å²) in [6.07, 6.45) is 3.90. The first-order valence-electron chi connectivity index (χ1n) is 10.3. The van der Waals surface area contributed by atoms with Gasteiger partial charge in [-0.1, -0.05) is 11.6 Å². The van der Waals surface area contributed by atoms with E-state index in [1.807, 2.05) is 0 Å². The fraction of sp³-hybridized carbons (Fsp3) is 0.348. The fourth-order valence-corrected chi connectivity index (χ4v) is 3.46. The predicted octanol–water partition coefficient (Wildman–Crippen LogP) is 6.01. The van der Waals surface area contributed by atoms with Crippen molar-refractivity contribution in [3.63, 3.8) is 0 Å². The molecule has 9 heteroatoms. The lowest BCUT2D eigenvalue weighted by Gasteiger charge is -2.28. The van der Waals surface area contributed by atoms with Gasteiger partial charge in [0.2, 0.25) is 0 Å². The van der Waals surface area contributed by atoms with Crippen LogP contribution in [0.1, 0.15) is 40.0 Å². The summed E-state index contributed by atoms with van der Waals surface area (Å²) in [5, 5.41) is 0.377. The first kappa shape index (κ1) is 22.1. The van der Waals surface area contributed by atoms with Gasteiger partial charge in [-0.3, -0.25) is 0 Å². The summed E-state index contributed by atoms with van der Waals surface area (Å²) >= 11 is 5.99. The first-order chi connectivity index (χ1) is 15.1. The third-order valence-electron chi connectivity index (χ3n) is 5.04. The number of aromatic nitrogens is 2. The minimum absolute atomic E-state index is 0.134. The molecule has 168 valence electrons. The first-order valence-corrected chi connectivity index (χ1v) is 10.7. The molecular weight excluding hydrogens is 435 g/mol. The highest BCUT2D eigenvalue weighted by Crippen LogP contribution is 2.37. The number of anilines is 3. The summed E-state index contributed by atoms with van der Waals surface area (Å²) in [4.78, 5) is 23.1. The van der Waals surface area contributed by atoms with Crippen LogP contribution in [0.2, 0.25) is 5.02 Å². The molecule has 2 aromatic carbocycles. The SMILES string of the molecule is CC(C)(C)OC(=O)N(c1ccc(F)c(Cl)c1)c1ncnc2cc(OC3CCC3)c(N)cc12. The van der Waals surface area contributed by atoms with Crippen LogP contribution in [0.5, 0.6) is 5.75 Å². The molecule has 0 aliphatic heterocycles. The van der Waals surface area contributed by atoms with Crippen molar-refractivity contribution in [2.24, 2.45) is 0 Å². The summed E-state index contributed by atoms with van der Waals surface area (Å²) in [6.45, 7) is 5.25. The van der Waals surface area contributed by atoms with Crippen LogP contribution in [0.3, 0.4) is 0 Å². The van der Waals surface area contributed by atoms with Gasteiger partial charge in [-0.25, -0.2) is 24.1 Å².